The molecule has 2 unspecified atom stereocenters. The van der Waals surface area contributed by atoms with Gasteiger partial charge in [-0.3, -0.25) is 0 Å². The number of nitrogens with zero attached hydrogens (tertiary/aromatic N) is 1. The summed E-state index contributed by atoms with van der Waals surface area (Å²) in [6.45, 7) is 1.90. The van der Waals surface area contributed by atoms with Crippen LogP contribution >= 0.6 is 11.3 Å². The van der Waals surface area contributed by atoms with E-state index in [0.29, 0.717) is 19.3 Å². The molecular weight excluding hydrogens is 258 g/mol. The number of aryl methyl sites for hydroxylation is 1. The summed E-state index contributed by atoms with van der Waals surface area (Å²) in [4.78, 5) is 4.30. The summed E-state index contributed by atoms with van der Waals surface area (Å²) >= 11 is 1.52. The van der Waals surface area contributed by atoms with Gasteiger partial charge in [0.1, 0.15) is 0 Å². The molecule has 0 aromatic carbocycles. The van der Waals surface area contributed by atoms with Crippen LogP contribution in [0, 0.1) is 6.92 Å². The van der Waals surface area contributed by atoms with Gasteiger partial charge in [0.05, 0.1) is 21.6 Å². The Morgan fingerprint density at radius 3 is 2.88 bits per heavy atom. The first kappa shape index (κ1) is 13.0. The molecule has 1 N–H and O–H groups in total. The first-order valence-electron chi connectivity index (χ1n) is 5.63. The molecule has 6 heteroatoms. The van der Waals surface area contributed by atoms with Gasteiger partial charge in [-0.1, -0.05) is 0 Å². The molecule has 1 heterocycles. The van der Waals surface area contributed by atoms with Crippen LogP contribution < -0.4 is 0 Å². The Labute approximate surface area is 106 Å². The smallest absolute Gasteiger partial charge is 0.153 e. The molecule has 1 aromatic rings. The Hall–Kier alpha value is -0.460. The maximum atomic E-state index is 11.7. The number of hydrogen-bond acceptors (Lipinski definition) is 5. The highest BCUT2D eigenvalue weighted by Gasteiger charge is 2.47. The maximum Gasteiger partial charge on any atom is 0.153 e. The average Bonchev–Trinajstić information content (AvgIpc) is 2.72. The van der Waals surface area contributed by atoms with E-state index in [1.807, 2.05) is 12.3 Å². The Morgan fingerprint density at radius 2 is 2.35 bits per heavy atom. The van der Waals surface area contributed by atoms with Crippen molar-refractivity contribution in [3.63, 3.8) is 0 Å². The molecule has 4 nitrogen and oxygen atoms in total. The molecule has 1 aliphatic carbocycles. The molecule has 0 radical (unpaired) electrons. The van der Waals surface area contributed by atoms with Gasteiger partial charge in [-0.15, -0.1) is 11.3 Å². The molecule has 2 atom stereocenters. The van der Waals surface area contributed by atoms with E-state index in [1.165, 1.54) is 17.6 Å². The minimum atomic E-state index is -3.20. The van der Waals surface area contributed by atoms with Crippen LogP contribution in [0.5, 0.6) is 0 Å². The van der Waals surface area contributed by atoms with Crippen molar-refractivity contribution in [2.24, 2.45) is 0 Å². The predicted octanol–water partition coefficient (Wildman–Crippen LogP) is 1.32. The highest BCUT2D eigenvalue weighted by molar-refractivity contribution is 7.91. The number of sulfone groups is 1. The molecule has 17 heavy (non-hydrogen) atoms. The standard InChI is InChI=1S/C11H17NO3S2/c1-8-12-9(7-16-8)6-11(13)5-3-4-10(11)17(2,14)15/h7,10,13H,3-6H2,1-2H3. The Bertz CT molecular complexity index is 509. The third-order valence-corrected chi connectivity index (χ3v) is 5.88. The minimum absolute atomic E-state index is 0.342. The van der Waals surface area contributed by atoms with E-state index in [4.69, 9.17) is 0 Å². The fraction of sp³-hybridized carbons (Fsp3) is 0.727. The molecule has 2 rings (SSSR count). The van der Waals surface area contributed by atoms with Crippen molar-refractivity contribution >= 4 is 21.2 Å². The number of hydrogen-bond donors (Lipinski definition) is 1. The molecule has 0 amide bonds. The predicted molar refractivity (Wildman–Crippen MR) is 68.0 cm³/mol. The summed E-state index contributed by atoms with van der Waals surface area (Å²) in [5, 5.41) is 12.7. The van der Waals surface area contributed by atoms with Crippen molar-refractivity contribution in [2.45, 2.75) is 43.5 Å². The molecule has 96 valence electrons. The van der Waals surface area contributed by atoms with E-state index in [2.05, 4.69) is 4.98 Å². The normalized spacial score (nSPS) is 29.7. The second-order valence-electron chi connectivity index (χ2n) is 4.85. The quantitative estimate of drug-likeness (QED) is 0.903. The van der Waals surface area contributed by atoms with Crippen molar-refractivity contribution in [2.75, 3.05) is 6.26 Å². The zero-order valence-corrected chi connectivity index (χ0v) is 11.6. The lowest BCUT2D eigenvalue weighted by Gasteiger charge is -2.28. The summed E-state index contributed by atoms with van der Waals surface area (Å²) in [7, 11) is -3.20. The molecule has 0 saturated heterocycles. The summed E-state index contributed by atoms with van der Waals surface area (Å²) in [5.41, 5.74) is -0.334. The second-order valence-corrected chi connectivity index (χ2v) is 8.14. The van der Waals surface area contributed by atoms with Gasteiger partial charge in [0.2, 0.25) is 0 Å². The largest absolute Gasteiger partial charge is 0.388 e. The van der Waals surface area contributed by atoms with Gasteiger partial charge in [0.25, 0.3) is 0 Å². The van der Waals surface area contributed by atoms with Crippen LogP contribution in [-0.4, -0.2) is 35.6 Å². The monoisotopic (exact) mass is 275 g/mol. The van der Waals surface area contributed by atoms with Gasteiger partial charge in [-0.25, -0.2) is 13.4 Å². The second kappa shape index (κ2) is 4.33. The lowest BCUT2D eigenvalue weighted by molar-refractivity contribution is 0.0504. The summed E-state index contributed by atoms with van der Waals surface area (Å²) in [6, 6.07) is 0. The number of rotatable bonds is 3. The fourth-order valence-electron chi connectivity index (χ4n) is 2.64. The highest BCUT2D eigenvalue weighted by atomic mass is 32.2. The first-order chi connectivity index (χ1) is 7.81. The minimum Gasteiger partial charge on any atom is -0.388 e. The zero-order chi connectivity index (χ0) is 12.7. The highest BCUT2D eigenvalue weighted by Crippen LogP contribution is 2.37. The van der Waals surface area contributed by atoms with Gasteiger partial charge in [-0.2, -0.15) is 0 Å². The van der Waals surface area contributed by atoms with Crippen LogP contribution in [0.15, 0.2) is 5.38 Å². The van der Waals surface area contributed by atoms with E-state index in [9.17, 15) is 13.5 Å². The van der Waals surface area contributed by atoms with E-state index in [1.54, 1.807) is 0 Å². The van der Waals surface area contributed by atoms with Crippen molar-refractivity contribution in [1.82, 2.24) is 4.98 Å². The topological polar surface area (TPSA) is 67.3 Å². The van der Waals surface area contributed by atoms with Crippen LogP contribution in [0.1, 0.15) is 30.0 Å². The molecule has 0 spiro atoms. The van der Waals surface area contributed by atoms with Gasteiger partial charge in [-0.05, 0) is 26.2 Å². The van der Waals surface area contributed by atoms with Crippen LogP contribution in [0.2, 0.25) is 0 Å². The van der Waals surface area contributed by atoms with E-state index < -0.39 is 20.7 Å². The average molecular weight is 275 g/mol. The molecule has 1 saturated carbocycles. The summed E-state index contributed by atoms with van der Waals surface area (Å²) in [6.07, 6.45) is 3.41. The number of aromatic nitrogens is 1. The van der Waals surface area contributed by atoms with E-state index in [-0.39, 0.29) is 0 Å². The van der Waals surface area contributed by atoms with Gasteiger partial charge in [0, 0.05) is 18.1 Å². The van der Waals surface area contributed by atoms with Gasteiger partial charge in [0.15, 0.2) is 9.84 Å². The van der Waals surface area contributed by atoms with Crippen molar-refractivity contribution in [3.8, 4) is 0 Å². The Morgan fingerprint density at radius 1 is 1.65 bits per heavy atom. The SMILES string of the molecule is Cc1nc(CC2(O)CCCC2S(C)(=O)=O)cs1. The van der Waals surface area contributed by atoms with Gasteiger partial charge < -0.3 is 5.11 Å². The van der Waals surface area contributed by atoms with Crippen molar-refractivity contribution < 1.29 is 13.5 Å². The maximum absolute atomic E-state index is 11.7. The third-order valence-electron chi connectivity index (χ3n) is 3.35. The van der Waals surface area contributed by atoms with Crippen molar-refractivity contribution in [3.05, 3.63) is 16.1 Å². The molecule has 1 fully saturated rings. The Kier molecular flexibility index (Phi) is 3.31. The van der Waals surface area contributed by atoms with Crippen molar-refractivity contribution in [1.29, 1.82) is 0 Å². The van der Waals surface area contributed by atoms with E-state index >= 15 is 0 Å². The van der Waals surface area contributed by atoms with Crippen LogP contribution in [-0.2, 0) is 16.3 Å². The number of aliphatic hydroxyl groups is 1. The molecule has 1 aromatic heterocycles. The molecule has 0 bridgehead atoms. The lowest BCUT2D eigenvalue weighted by atomic mass is 9.96. The van der Waals surface area contributed by atoms with Crippen LogP contribution in [0.25, 0.3) is 0 Å². The number of thiazole rings is 1. The van der Waals surface area contributed by atoms with Gasteiger partial charge >= 0.3 is 0 Å². The van der Waals surface area contributed by atoms with Crippen LogP contribution in [0.4, 0.5) is 0 Å². The summed E-state index contributed by atoms with van der Waals surface area (Å²) < 4.78 is 23.3. The fourth-order valence-corrected chi connectivity index (χ4v) is 4.85. The third kappa shape index (κ3) is 2.69. The van der Waals surface area contributed by atoms with E-state index in [0.717, 1.165) is 17.1 Å². The Balaban J connectivity index is 2.23. The molecular formula is C11H17NO3S2. The lowest BCUT2D eigenvalue weighted by Crippen LogP contribution is -2.44. The molecule has 1 aliphatic rings. The first-order valence-corrected chi connectivity index (χ1v) is 8.47. The summed E-state index contributed by atoms with van der Waals surface area (Å²) in [5.74, 6) is 0. The molecule has 0 aliphatic heterocycles. The van der Waals surface area contributed by atoms with Crippen LogP contribution in [0.3, 0.4) is 0 Å². The zero-order valence-electron chi connectivity index (χ0n) is 10.0.